The number of amides is 1. The highest BCUT2D eigenvalue weighted by molar-refractivity contribution is 5.80. The molecular weight excluding hydrogens is 406 g/mol. The minimum absolute atomic E-state index is 0.248. The first-order valence-electron chi connectivity index (χ1n) is 11.5. The minimum Gasteiger partial charge on any atom is -0.377 e. The maximum Gasteiger partial charge on any atom is 0.222 e. The van der Waals surface area contributed by atoms with E-state index < -0.39 is 0 Å². The second-order valence-corrected chi connectivity index (χ2v) is 8.37. The van der Waals surface area contributed by atoms with Crippen LogP contribution in [0.5, 0.6) is 0 Å². The molecule has 1 saturated heterocycles. The van der Waals surface area contributed by atoms with Gasteiger partial charge in [-0.2, -0.15) is 5.10 Å². The third kappa shape index (κ3) is 5.64. The Morgan fingerprint density at radius 1 is 1.25 bits per heavy atom. The Balaban J connectivity index is 1.33. The number of guanidine groups is 1. The highest BCUT2D eigenvalue weighted by atomic mass is 16.5. The first kappa shape index (κ1) is 22.3. The zero-order valence-corrected chi connectivity index (χ0v) is 19.0. The molecule has 1 aromatic heterocycles. The second-order valence-electron chi connectivity index (χ2n) is 8.37. The first-order chi connectivity index (χ1) is 15.6. The van der Waals surface area contributed by atoms with E-state index in [-0.39, 0.29) is 11.9 Å². The molecule has 1 fully saturated rings. The van der Waals surface area contributed by atoms with Gasteiger partial charge in [-0.1, -0.05) is 24.3 Å². The summed E-state index contributed by atoms with van der Waals surface area (Å²) in [7, 11) is 1.66. The van der Waals surface area contributed by atoms with E-state index in [4.69, 9.17) is 9.73 Å². The summed E-state index contributed by atoms with van der Waals surface area (Å²) in [5, 5.41) is 11.4. The van der Waals surface area contributed by atoms with Crippen LogP contribution in [0.3, 0.4) is 0 Å². The number of carbonyl (C=O) groups is 1. The number of nitrogens with zero attached hydrogens (tertiary/aromatic N) is 5. The van der Waals surface area contributed by atoms with E-state index in [0.29, 0.717) is 26.1 Å². The monoisotopic (exact) mass is 439 g/mol. The van der Waals surface area contributed by atoms with Gasteiger partial charge in [0.1, 0.15) is 12.4 Å². The maximum absolute atomic E-state index is 11.8. The van der Waals surface area contributed by atoms with Gasteiger partial charge in [0.15, 0.2) is 11.8 Å². The molecule has 9 nitrogen and oxygen atoms in total. The maximum atomic E-state index is 11.8. The summed E-state index contributed by atoms with van der Waals surface area (Å²) in [5.41, 5.74) is 2.31. The number of nitrogens with one attached hydrogen (secondary N) is 2. The zero-order valence-electron chi connectivity index (χ0n) is 19.0. The van der Waals surface area contributed by atoms with Crippen molar-refractivity contribution in [3.05, 3.63) is 47.0 Å². The van der Waals surface area contributed by atoms with Crippen LogP contribution in [-0.2, 0) is 42.2 Å². The highest BCUT2D eigenvalue weighted by Crippen LogP contribution is 2.16. The van der Waals surface area contributed by atoms with Crippen LogP contribution in [0.4, 0.5) is 0 Å². The summed E-state index contributed by atoms with van der Waals surface area (Å²) in [6.07, 6.45) is 3.52. The lowest BCUT2D eigenvalue weighted by atomic mass is 10.1. The number of rotatable bonds is 8. The highest BCUT2D eigenvalue weighted by Gasteiger charge is 2.22. The number of hydrogen-bond donors (Lipinski definition) is 2. The van der Waals surface area contributed by atoms with Crippen molar-refractivity contribution < 1.29 is 9.53 Å². The van der Waals surface area contributed by atoms with Crippen molar-refractivity contribution in [3.63, 3.8) is 0 Å². The number of methoxy groups -OCH3 is 1. The van der Waals surface area contributed by atoms with Crippen molar-refractivity contribution >= 4 is 11.9 Å². The first-order valence-corrected chi connectivity index (χ1v) is 11.5. The molecule has 3 heterocycles. The average molecular weight is 440 g/mol. The Morgan fingerprint density at radius 2 is 2.06 bits per heavy atom. The fourth-order valence-corrected chi connectivity index (χ4v) is 4.19. The molecule has 2 N–H and O–H groups in total. The summed E-state index contributed by atoms with van der Waals surface area (Å²) < 4.78 is 7.12. The van der Waals surface area contributed by atoms with Crippen molar-refractivity contribution in [1.29, 1.82) is 0 Å². The van der Waals surface area contributed by atoms with Gasteiger partial charge in [-0.15, -0.1) is 0 Å². The van der Waals surface area contributed by atoms with Crippen LogP contribution in [0.25, 0.3) is 0 Å². The van der Waals surface area contributed by atoms with E-state index in [2.05, 4.69) is 51.9 Å². The third-order valence-corrected chi connectivity index (χ3v) is 5.85. The molecule has 0 saturated carbocycles. The lowest BCUT2D eigenvalue weighted by Gasteiger charge is -2.25. The van der Waals surface area contributed by atoms with Gasteiger partial charge in [0.2, 0.25) is 5.91 Å². The summed E-state index contributed by atoms with van der Waals surface area (Å²) in [5.74, 6) is 2.83. The number of aromatic nitrogens is 3. The quantitative estimate of drug-likeness (QED) is 0.479. The van der Waals surface area contributed by atoms with Gasteiger partial charge < -0.3 is 20.3 Å². The Morgan fingerprint density at radius 3 is 2.78 bits per heavy atom. The molecule has 0 spiro atoms. The Kier molecular flexibility index (Phi) is 7.36. The van der Waals surface area contributed by atoms with Gasteiger partial charge in [0, 0.05) is 45.6 Å². The topological polar surface area (TPSA) is 96.7 Å². The summed E-state index contributed by atoms with van der Waals surface area (Å²) in [6.45, 7) is 6.23. The molecule has 9 heteroatoms. The predicted octanol–water partition coefficient (Wildman–Crippen LogP) is 1.62. The number of hydrogen-bond acceptors (Lipinski definition) is 5. The molecule has 1 amide bonds. The number of aliphatic imine (C=N–C) groups is 1. The van der Waals surface area contributed by atoms with Crippen molar-refractivity contribution in [2.75, 3.05) is 20.2 Å². The van der Waals surface area contributed by atoms with Gasteiger partial charge in [0.05, 0.1) is 13.1 Å². The van der Waals surface area contributed by atoms with Crippen LogP contribution < -0.4 is 10.6 Å². The second kappa shape index (κ2) is 10.6. The third-order valence-electron chi connectivity index (χ3n) is 5.85. The molecule has 0 aliphatic carbocycles. The van der Waals surface area contributed by atoms with Crippen molar-refractivity contribution in [3.8, 4) is 0 Å². The summed E-state index contributed by atoms with van der Waals surface area (Å²) in [6, 6.07) is 8.65. The van der Waals surface area contributed by atoms with Gasteiger partial charge >= 0.3 is 0 Å². The molecule has 0 bridgehead atoms. The molecule has 1 unspecified atom stereocenters. The van der Waals surface area contributed by atoms with Crippen LogP contribution in [0.1, 0.15) is 49.0 Å². The largest absolute Gasteiger partial charge is 0.377 e. The summed E-state index contributed by atoms with van der Waals surface area (Å²) >= 11 is 0. The average Bonchev–Trinajstić information content (AvgIpc) is 3.38. The van der Waals surface area contributed by atoms with Crippen LogP contribution in [0.2, 0.25) is 0 Å². The number of likely N-dealkylation sites (tertiary alicyclic amines) is 1. The molecule has 1 aromatic carbocycles. The Bertz CT molecular complexity index is 938. The van der Waals surface area contributed by atoms with E-state index >= 15 is 0 Å². The SMILES string of the molecule is CCNC(=NCc1ccc(CN2CCCC2=O)cc1)NC1CCc2nc(COC)nn2C1. The molecule has 2 aromatic rings. The van der Waals surface area contributed by atoms with Crippen LogP contribution in [0, 0.1) is 0 Å². The number of benzene rings is 1. The standard InChI is InChI=1S/C23H33N7O2/c1-3-24-23(26-19-10-11-21-27-20(16-32-2)28-30(21)15-19)25-13-17-6-8-18(9-7-17)14-29-12-4-5-22(29)31/h6-9,19H,3-5,10-16H2,1-2H3,(H2,24,25,26). The Hall–Kier alpha value is -2.94. The lowest BCUT2D eigenvalue weighted by Crippen LogP contribution is -2.47. The molecule has 32 heavy (non-hydrogen) atoms. The van der Waals surface area contributed by atoms with Gasteiger partial charge in [0.25, 0.3) is 0 Å². The molecule has 2 aliphatic rings. The van der Waals surface area contributed by atoms with Gasteiger partial charge in [-0.3, -0.25) is 4.79 Å². The number of fused-ring (bicyclic) bond motifs is 1. The molecule has 4 rings (SSSR count). The molecule has 0 radical (unpaired) electrons. The van der Waals surface area contributed by atoms with Gasteiger partial charge in [-0.25, -0.2) is 14.7 Å². The van der Waals surface area contributed by atoms with E-state index in [1.165, 1.54) is 0 Å². The van der Waals surface area contributed by atoms with Crippen LogP contribution >= 0.6 is 0 Å². The number of carbonyl (C=O) groups excluding carboxylic acids is 1. The molecule has 2 aliphatic heterocycles. The molecule has 1 atom stereocenters. The lowest BCUT2D eigenvalue weighted by molar-refractivity contribution is -0.128. The molecule has 172 valence electrons. The van der Waals surface area contributed by atoms with E-state index in [1.54, 1.807) is 7.11 Å². The minimum atomic E-state index is 0.248. The van der Waals surface area contributed by atoms with Crippen LogP contribution in [0.15, 0.2) is 29.3 Å². The fraction of sp³-hybridized carbons (Fsp3) is 0.565. The van der Waals surface area contributed by atoms with E-state index in [0.717, 1.165) is 67.6 Å². The van der Waals surface area contributed by atoms with Crippen molar-refractivity contribution in [1.82, 2.24) is 30.3 Å². The summed E-state index contributed by atoms with van der Waals surface area (Å²) in [4.78, 5) is 23.1. The normalized spacial score (nSPS) is 18.7. The van der Waals surface area contributed by atoms with Gasteiger partial charge in [-0.05, 0) is 30.9 Å². The van der Waals surface area contributed by atoms with Crippen LogP contribution in [-0.4, -0.2) is 57.8 Å². The smallest absolute Gasteiger partial charge is 0.222 e. The zero-order chi connectivity index (χ0) is 22.3. The van der Waals surface area contributed by atoms with Crippen molar-refractivity contribution in [2.24, 2.45) is 4.99 Å². The Labute approximate surface area is 189 Å². The number of ether oxygens (including phenoxy) is 1. The molecular formula is C23H33N7O2. The van der Waals surface area contributed by atoms with E-state index in [1.807, 2.05) is 9.58 Å². The predicted molar refractivity (Wildman–Crippen MR) is 122 cm³/mol. The fourth-order valence-electron chi connectivity index (χ4n) is 4.19. The number of aryl methyl sites for hydroxylation is 1. The van der Waals surface area contributed by atoms with Crippen molar-refractivity contribution in [2.45, 2.75) is 64.9 Å². The van der Waals surface area contributed by atoms with E-state index in [9.17, 15) is 4.79 Å².